The second-order valence-electron chi connectivity index (χ2n) is 4.91. The van der Waals surface area contributed by atoms with Gasteiger partial charge < -0.3 is 5.11 Å². The third-order valence-corrected chi connectivity index (χ3v) is 5.35. The molecule has 2 aromatic rings. The van der Waals surface area contributed by atoms with Gasteiger partial charge in [0, 0.05) is 31.3 Å². The first-order valence-corrected chi connectivity index (χ1v) is 8.41. The topological polar surface area (TPSA) is 70.5 Å². The molecule has 1 N–H and O–H groups in total. The van der Waals surface area contributed by atoms with E-state index in [4.69, 9.17) is 5.11 Å². The lowest BCUT2D eigenvalue weighted by Gasteiger charge is -2.20. The number of fused-ring (bicyclic) bond motifs is 1. The smallest absolute Gasteiger partial charge is 0.245 e. The van der Waals surface area contributed by atoms with Gasteiger partial charge in [-0.1, -0.05) is 19.1 Å². The number of aliphatic hydroxyl groups is 1. The maximum absolute atomic E-state index is 12.8. The van der Waals surface area contributed by atoms with Crippen LogP contribution in [-0.2, 0) is 10.0 Å². The number of aromatic nitrogens is 1. The Labute approximate surface area is 125 Å². The predicted octanol–water partition coefficient (Wildman–Crippen LogP) is 1.94. The first-order valence-electron chi connectivity index (χ1n) is 6.97. The van der Waals surface area contributed by atoms with Crippen LogP contribution in [0.15, 0.2) is 35.4 Å². The maximum atomic E-state index is 12.8. The highest BCUT2D eigenvalue weighted by atomic mass is 32.2. The van der Waals surface area contributed by atoms with Gasteiger partial charge in [0.2, 0.25) is 10.0 Å². The lowest BCUT2D eigenvalue weighted by atomic mass is 10.2. The molecule has 1 heterocycles. The van der Waals surface area contributed by atoms with Crippen LogP contribution in [0.3, 0.4) is 0 Å². The van der Waals surface area contributed by atoms with Crippen molar-refractivity contribution in [1.82, 2.24) is 9.29 Å². The summed E-state index contributed by atoms with van der Waals surface area (Å²) in [5.41, 5.74) is 1.48. The minimum atomic E-state index is -3.60. The molecule has 21 heavy (non-hydrogen) atoms. The molecule has 6 heteroatoms. The quantitative estimate of drug-likeness (QED) is 0.885. The molecule has 5 nitrogen and oxygen atoms in total. The number of para-hydroxylation sites is 1. The molecule has 0 bridgehead atoms. The van der Waals surface area contributed by atoms with Crippen molar-refractivity contribution in [3.63, 3.8) is 0 Å². The Kier molecular flexibility index (Phi) is 4.92. The number of rotatable bonds is 6. The number of pyridine rings is 1. The van der Waals surface area contributed by atoms with Crippen LogP contribution in [0.25, 0.3) is 10.9 Å². The summed E-state index contributed by atoms with van der Waals surface area (Å²) in [4.78, 5) is 4.51. The van der Waals surface area contributed by atoms with Gasteiger partial charge in [0.1, 0.15) is 4.90 Å². The zero-order chi connectivity index (χ0) is 15.5. The van der Waals surface area contributed by atoms with Gasteiger partial charge in [0.05, 0.1) is 5.52 Å². The Balaban J connectivity index is 2.53. The standard InChI is InChI=1S/C15H20N2O3S/c1-3-17(8-5-9-18)21(19,20)14-7-4-6-13-10-12(2)11-16-15(13)14/h4,6-7,10-11,18H,3,5,8-9H2,1-2H3. The molecule has 114 valence electrons. The Hall–Kier alpha value is -1.50. The summed E-state index contributed by atoms with van der Waals surface area (Å²) in [7, 11) is -3.60. The SMILES string of the molecule is CCN(CCCO)S(=O)(=O)c1cccc2cc(C)cnc12. The van der Waals surface area contributed by atoms with Crippen LogP contribution in [0.1, 0.15) is 18.9 Å². The molecule has 0 saturated heterocycles. The van der Waals surface area contributed by atoms with Gasteiger partial charge in [-0.15, -0.1) is 0 Å². The van der Waals surface area contributed by atoms with Crippen molar-refractivity contribution in [2.24, 2.45) is 0 Å². The van der Waals surface area contributed by atoms with Crippen molar-refractivity contribution in [2.75, 3.05) is 19.7 Å². The van der Waals surface area contributed by atoms with Gasteiger partial charge in [0.15, 0.2) is 0 Å². The Morgan fingerprint density at radius 1 is 1.33 bits per heavy atom. The molecule has 0 saturated carbocycles. The second kappa shape index (κ2) is 6.51. The summed E-state index contributed by atoms with van der Waals surface area (Å²) >= 11 is 0. The highest BCUT2D eigenvalue weighted by molar-refractivity contribution is 7.89. The Bertz CT molecular complexity index is 729. The van der Waals surface area contributed by atoms with Gasteiger partial charge in [-0.3, -0.25) is 4.98 Å². The van der Waals surface area contributed by atoms with Gasteiger partial charge >= 0.3 is 0 Å². The molecule has 0 aliphatic heterocycles. The highest BCUT2D eigenvalue weighted by Gasteiger charge is 2.25. The van der Waals surface area contributed by atoms with Crippen molar-refractivity contribution in [3.05, 3.63) is 36.0 Å². The predicted molar refractivity (Wildman–Crippen MR) is 82.6 cm³/mol. The van der Waals surface area contributed by atoms with E-state index in [-0.39, 0.29) is 11.5 Å². The molecule has 0 aliphatic carbocycles. The number of aliphatic hydroxyl groups excluding tert-OH is 1. The van der Waals surface area contributed by atoms with E-state index in [1.165, 1.54) is 4.31 Å². The molecule has 0 atom stereocenters. The summed E-state index contributed by atoms with van der Waals surface area (Å²) in [6.07, 6.45) is 2.09. The fourth-order valence-electron chi connectivity index (χ4n) is 2.29. The van der Waals surface area contributed by atoms with Crippen molar-refractivity contribution >= 4 is 20.9 Å². The summed E-state index contributed by atoms with van der Waals surface area (Å²) in [6, 6.07) is 7.10. The first kappa shape index (κ1) is 15.9. The normalized spacial score (nSPS) is 12.2. The molecule has 0 radical (unpaired) electrons. The van der Waals surface area contributed by atoms with Crippen LogP contribution in [0.2, 0.25) is 0 Å². The zero-order valence-corrected chi connectivity index (χ0v) is 13.1. The van der Waals surface area contributed by atoms with E-state index in [0.29, 0.717) is 25.0 Å². The van der Waals surface area contributed by atoms with E-state index in [9.17, 15) is 8.42 Å². The number of sulfonamides is 1. The zero-order valence-electron chi connectivity index (χ0n) is 12.3. The van der Waals surface area contributed by atoms with E-state index in [2.05, 4.69) is 4.98 Å². The third kappa shape index (κ3) is 3.23. The number of hydrogen-bond acceptors (Lipinski definition) is 4. The lowest BCUT2D eigenvalue weighted by molar-refractivity contribution is 0.271. The van der Waals surface area contributed by atoms with Crippen LogP contribution in [0.5, 0.6) is 0 Å². The van der Waals surface area contributed by atoms with Crippen LogP contribution < -0.4 is 0 Å². The molecule has 0 amide bonds. The fraction of sp³-hybridized carbons (Fsp3) is 0.400. The first-order chi connectivity index (χ1) is 10.0. The monoisotopic (exact) mass is 308 g/mol. The minimum Gasteiger partial charge on any atom is -0.396 e. The van der Waals surface area contributed by atoms with Gasteiger partial charge in [-0.05, 0) is 31.0 Å². The van der Waals surface area contributed by atoms with Crippen LogP contribution in [0.4, 0.5) is 0 Å². The van der Waals surface area contributed by atoms with Crippen LogP contribution in [0, 0.1) is 6.92 Å². The van der Waals surface area contributed by atoms with Crippen molar-refractivity contribution in [3.8, 4) is 0 Å². The molecule has 1 aromatic heterocycles. The van der Waals surface area contributed by atoms with Gasteiger partial charge in [0.25, 0.3) is 0 Å². The van der Waals surface area contributed by atoms with E-state index in [1.54, 1.807) is 25.3 Å². The third-order valence-electron chi connectivity index (χ3n) is 3.35. The molecule has 0 aliphatic rings. The number of aryl methyl sites for hydroxylation is 1. The van der Waals surface area contributed by atoms with E-state index < -0.39 is 10.0 Å². The largest absolute Gasteiger partial charge is 0.396 e. The highest BCUT2D eigenvalue weighted by Crippen LogP contribution is 2.24. The number of benzene rings is 1. The average Bonchev–Trinajstić information content (AvgIpc) is 2.46. The van der Waals surface area contributed by atoms with Gasteiger partial charge in [-0.2, -0.15) is 4.31 Å². The molecule has 2 rings (SSSR count). The maximum Gasteiger partial charge on any atom is 0.245 e. The van der Waals surface area contributed by atoms with Crippen LogP contribution in [-0.4, -0.2) is 42.5 Å². The average molecular weight is 308 g/mol. The molecule has 1 aromatic carbocycles. The summed E-state index contributed by atoms with van der Waals surface area (Å²) in [5.74, 6) is 0. The summed E-state index contributed by atoms with van der Waals surface area (Å²) in [5, 5.41) is 9.73. The molecule has 0 spiro atoms. The second-order valence-corrected chi connectivity index (χ2v) is 6.82. The van der Waals surface area contributed by atoms with Crippen molar-refractivity contribution in [1.29, 1.82) is 0 Å². The van der Waals surface area contributed by atoms with Gasteiger partial charge in [-0.25, -0.2) is 8.42 Å². The molecule has 0 fully saturated rings. The Morgan fingerprint density at radius 3 is 2.76 bits per heavy atom. The van der Waals surface area contributed by atoms with E-state index >= 15 is 0 Å². The van der Waals surface area contributed by atoms with Crippen molar-refractivity contribution in [2.45, 2.75) is 25.2 Å². The van der Waals surface area contributed by atoms with E-state index in [1.807, 2.05) is 19.1 Å². The number of nitrogens with zero attached hydrogens (tertiary/aromatic N) is 2. The van der Waals surface area contributed by atoms with E-state index in [0.717, 1.165) is 10.9 Å². The molecule has 0 unspecified atom stereocenters. The number of hydrogen-bond donors (Lipinski definition) is 1. The fourth-order valence-corrected chi connectivity index (χ4v) is 3.94. The summed E-state index contributed by atoms with van der Waals surface area (Å²) < 4.78 is 26.9. The molecular weight excluding hydrogens is 288 g/mol. The lowest BCUT2D eigenvalue weighted by Crippen LogP contribution is -2.32. The minimum absolute atomic E-state index is 0.0288. The molecular formula is C15H20N2O3S. The van der Waals surface area contributed by atoms with Crippen LogP contribution >= 0.6 is 0 Å². The Morgan fingerprint density at radius 2 is 2.10 bits per heavy atom. The summed E-state index contributed by atoms with van der Waals surface area (Å²) in [6.45, 7) is 4.35. The van der Waals surface area contributed by atoms with Crippen molar-refractivity contribution < 1.29 is 13.5 Å².